The average Bonchev–Trinajstić information content (AvgIpc) is 2.67. The van der Waals surface area contributed by atoms with Gasteiger partial charge in [-0.3, -0.25) is 4.90 Å². The van der Waals surface area contributed by atoms with Crippen LogP contribution in [0.25, 0.3) is 21.5 Å². The van der Waals surface area contributed by atoms with E-state index in [4.69, 9.17) is 0 Å². The van der Waals surface area contributed by atoms with Crippen molar-refractivity contribution in [3.8, 4) is 0 Å². The first-order valence-electron chi connectivity index (χ1n) is 9.27. The highest BCUT2D eigenvalue weighted by molar-refractivity contribution is 6.08. The molecule has 2 aliphatic rings. The molecule has 1 heterocycles. The van der Waals surface area contributed by atoms with Gasteiger partial charge in [0.1, 0.15) is 0 Å². The van der Waals surface area contributed by atoms with Crippen LogP contribution in [0.5, 0.6) is 0 Å². The zero-order chi connectivity index (χ0) is 15.9. The molecule has 0 amide bonds. The summed E-state index contributed by atoms with van der Waals surface area (Å²) in [5, 5.41) is 9.11. The normalized spacial score (nSPS) is 21.0. The van der Waals surface area contributed by atoms with Crippen LogP contribution in [0.3, 0.4) is 0 Å². The second-order valence-electron chi connectivity index (χ2n) is 7.27. The largest absolute Gasteiger partial charge is 0.314 e. The number of hydrogen-bond donors (Lipinski definition) is 1. The van der Waals surface area contributed by atoms with Crippen LogP contribution in [0.15, 0.2) is 48.5 Å². The zero-order valence-electron chi connectivity index (χ0n) is 14.5. The number of benzene rings is 3. The fraction of sp³-hybridized carbons (Fsp3) is 0.364. The van der Waals surface area contributed by atoms with Crippen LogP contribution in [0.1, 0.15) is 17.5 Å². The topological polar surface area (TPSA) is 15.3 Å². The van der Waals surface area contributed by atoms with Crippen LogP contribution in [0.2, 0.25) is 0 Å². The minimum Gasteiger partial charge on any atom is -0.314 e. The first-order valence-corrected chi connectivity index (χ1v) is 9.27. The predicted octanol–water partition coefficient (Wildman–Crippen LogP) is 4.18. The van der Waals surface area contributed by atoms with Gasteiger partial charge in [0, 0.05) is 32.2 Å². The number of hydrogen-bond acceptors (Lipinski definition) is 2. The molecule has 1 unspecified atom stereocenters. The van der Waals surface area contributed by atoms with Crippen molar-refractivity contribution in [3.05, 3.63) is 59.7 Å². The van der Waals surface area contributed by atoms with Crippen molar-refractivity contribution >= 4 is 34.0 Å². The number of aryl methyl sites for hydroxylation is 1. The van der Waals surface area contributed by atoms with Gasteiger partial charge in [0.2, 0.25) is 0 Å². The maximum absolute atomic E-state index is 3.47. The third-order valence-corrected chi connectivity index (χ3v) is 5.99. The SMILES string of the molecule is Cl.c1ccc2c(c1)ccc1c3c(ccc12)CC(N1CCNCC1)CC3. The van der Waals surface area contributed by atoms with E-state index in [9.17, 15) is 0 Å². The van der Waals surface area contributed by atoms with E-state index in [2.05, 4.69) is 58.7 Å². The minimum atomic E-state index is 0. The molecule has 1 fully saturated rings. The van der Waals surface area contributed by atoms with Crippen molar-refractivity contribution in [1.29, 1.82) is 0 Å². The van der Waals surface area contributed by atoms with E-state index in [1.165, 1.54) is 53.9 Å². The summed E-state index contributed by atoms with van der Waals surface area (Å²) in [4.78, 5) is 2.70. The van der Waals surface area contributed by atoms with E-state index in [0.717, 1.165) is 19.1 Å². The summed E-state index contributed by atoms with van der Waals surface area (Å²) >= 11 is 0. The molecule has 1 atom stereocenters. The zero-order valence-corrected chi connectivity index (χ0v) is 15.3. The Balaban J connectivity index is 0.00000157. The molecule has 0 aromatic heterocycles. The molecular formula is C22H25ClN2. The Hall–Kier alpha value is -1.61. The number of rotatable bonds is 1. The van der Waals surface area contributed by atoms with E-state index < -0.39 is 0 Å². The Labute approximate surface area is 155 Å². The summed E-state index contributed by atoms with van der Waals surface area (Å²) in [6.07, 6.45) is 3.75. The highest BCUT2D eigenvalue weighted by Crippen LogP contribution is 2.34. The van der Waals surface area contributed by atoms with Gasteiger partial charge in [0.25, 0.3) is 0 Å². The summed E-state index contributed by atoms with van der Waals surface area (Å²) in [5.74, 6) is 0. The van der Waals surface area contributed by atoms with Crippen molar-refractivity contribution in [2.24, 2.45) is 0 Å². The van der Waals surface area contributed by atoms with Crippen molar-refractivity contribution < 1.29 is 0 Å². The van der Waals surface area contributed by atoms with Crippen LogP contribution in [0.4, 0.5) is 0 Å². The van der Waals surface area contributed by atoms with Crippen LogP contribution < -0.4 is 5.32 Å². The summed E-state index contributed by atoms with van der Waals surface area (Å²) in [7, 11) is 0. The standard InChI is InChI=1S/C22H24N2.ClH/c1-2-4-19-16(3-1)5-8-22-20-10-7-18(24-13-11-23-12-14-24)15-17(20)6-9-21(19)22;/h1-6,8-9,18,23H,7,10-15H2;1H. The molecule has 0 saturated carbocycles. The van der Waals surface area contributed by atoms with Gasteiger partial charge in [-0.15, -0.1) is 12.4 Å². The smallest absolute Gasteiger partial charge is 0.0140 e. The number of nitrogens with zero attached hydrogens (tertiary/aromatic N) is 1. The first-order chi connectivity index (χ1) is 11.9. The van der Waals surface area contributed by atoms with E-state index in [1.54, 1.807) is 11.1 Å². The van der Waals surface area contributed by atoms with Crippen LogP contribution >= 0.6 is 12.4 Å². The molecule has 3 aromatic carbocycles. The van der Waals surface area contributed by atoms with Crippen LogP contribution in [-0.2, 0) is 12.8 Å². The maximum Gasteiger partial charge on any atom is 0.0140 e. The third kappa shape index (κ3) is 2.93. The summed E-state index contributed by atoms with van der Waals surface area (Å²) in [6, 6.07) is 18.9. The van der Waals surface area contributed by atoms with E-state index >= 15 is 0 Å². The summed E-state index contributed by atoms with van der Waals surface area (Å²) in [5.41, 5.74) is 3.18. The van der Waals surface area contributed by atoms with Gasteiger partial charge >= 0.3 is 0 Å². The predicted molar refractivity (Wildman–Crippen MR) is 109 cm³/mol. The van der Waals surface area contributed by atoms with Crippen molar-refractivity contribution in [2.75, 3.05) is 26.2 Å². The number of nitrogens with one attached hydrogen (secondary N) is 1. The molecule has 1 aliphatic heterocycles. The lowest BCUT2D eigenvalue weighted by Crippen LogP contribution is -2.50. The van der Waals surface area contributed by atoms with Crippen molar-refractivity contribution in [3.63, 3.8) is 0 Å². The Morgan fingerprint density at radius 2 is 1.64 bits per heavy atom. The second kappa shape index (κ2) is 6.95. The molecule has 5 rings (SSSR count). The molecule has 1 N–H and O–H groups in total. The molecule has 3 aromatic rings. The van der Waals surface area contributed by atoms with Gasteiger partial charge < -0.3 is 5.32 Å². The van der Waals surface area contributed by atoms with Crippen LogP contribution in [-0.4, -0.2) is 37.1 Å². The van der Waals surface area contributed by atoms with Crippen LogP contribution in [0, 0.1) is 0 Å². The molecular weight excluding hydrogens is 328 g/mol. The first kappa shape index (κ1) is 16.8. The molecule has 1 saturated heterocycles. The fourth-order valence-corrected chi connectivity index (χ4v) is 4.71. The number of piperazine rings is 1. The Morgan fingerprint density at radius 1 is 0.840 bits per heavy atom. The lowest BCUT2D eigenvalue weighted by molar-refractivity contribution is 0.159. The number of fused-ring (bicyclic) bond motifs is 5. The summed E-state index contributed by atoms with van der Waals surface area (Å²) < 4.78 is 0. The lowest BCUT2D eigenvalue weighted by atomic mass is 9.83. The Kier molecular flexibility index (Phi) is 4.68. The fourth-order valence-electron chi connectivity index (χ4n) is 4.71. The average molecular weight is 353 g/mol. The van der Waals surface area contributed by atoms with Crippen molar-refractivity contribution in [2.45, 2.75) is 25.3 Å². The second-order valence-corrected chi connectivity index (χ2v) is 7.27. The molecule has 1 aliphatic carbocycles. The van der Waals surface area contributed by atoms with Gasteiger partial charge in [-0.05, 0) is 51.9 Å². The Morgan fingerprint density at radius 3 is 2.52 bits per heavy atom. The van der Waals surface area contributed by atoms with E-state index in [1.807, 2.05) is 0 Å². The van der Waals surface area contributed by atoms with Gasteiger partial charge in [-0.25, -0.2) is 0 Å². The monoisotopic (exact) mass is 352 g/mol. The van der Waals surface area contributed by atoms with Gasteiger partial charge in [0.05, 0.1) is 0 Å². The highest BCUT2D eigenvalue weighted by Gasteiger charge is 2.26. The molecule has 0 radical (unpaired) electrons. The summed E-state index contributed by atoms with van der Waals surface area (Å²) in [6.45, 7) is 4.70. The molecule has 130 valence electrons. The van der Waals surface area contributed by atoms with Gasteiger partial charge in [-0.2, -0.15) is 0 Å². The molecule has 3 heteroatoms. The third-order valence-electron chi connectivity index (χ3n) is 5.99. The van der Waals surface area contributed by atoms with E-state index in [0.29, 0.717) is 0 Å². The van der Waals surface area contributed by atoms with Gasteiger partial charge in [0.15, 0.2) is 0 Å². The number of halogens is 1. The van der Waals surface area contributed by atoms with Crippen molar-refractivity contribution in [1.82, 2.24) is 10.2 Å². The lowest BCUT2D eigenvalue weighted by Gasteiger charge is -2.38. The maximum atomic E-state index is 3.47. The Bertz CT molecular complexity index is 899. The molecule has 0 bridgehead atoms. The van der Waals surface area contributed by atoms with E-state index in [-0.39, 0.29) is 12.4 Å². The highest BCUT2D eigenvalue weighted by atomic mass is 35.5. The molecule has 25 heavy (non-hydrogen) atoms. The minimum absolute atomic E-state index is 0. The quantitative estimate of drug-likeness (QED) is 0.661. The molecule has 2 nitrogen and oxygen atoms in total. The van der Waals surface area contributed by atoms with Gasteiger partial charge in [-0.1, -0.05) is 48.5 Å². The molecule has 0 spiro atoms.